The average molecular weight is 378 g/mol. The SMILES string of the molecule is Cc1cc(C)c(Oc2ccc3c(c2)OC(C(F)(F)F)C(C(=O)O)=C3)cc1C. The van der Waals surface area contributed by atoms with E-state index >= 15 is 0 Å². The fourth-order valence-corrected chi connectivity index (χ4v) is 2.82. The van der Waals surface area contributed by atoms with Gasteiger partial charge in [0.15, 0.2) is 0 Å². The lowest BCUT2D eigenvalue weighted by molar-refractivity contribution is -0.187. The molecule has 3 rings (SSSR count). The number of fused-ring (bicyclic) bond motifs is 1. The third-order valence-electron chi connectivity index (χ3n) is 4.39. The molecule has 0 amide bonds. The topological polar surface area (TPSA) is 55.8 Å². The Morgan fingerprint density at radius 3 is 2.37 bits per heavy atom. The van der Waals surface area contributed by atoms with E-state index in [0.717, 1.165) is 22.8 Å². The van der Waals surface area contributed by atoms with E-state index in [1.807, 2.05) is 32.9 Å². The van der Waals surface area contributed by atoms with E-state index in [1.165, 1.54) is 12.1 Å². The van der Waals surface area contributed by atoms with Gasteiger partial charge in [0.1, 0.15) is 17.2 Å². The van der Waals surface area contributed by atoms with E-state index in [0.29, 0.717) is 11.5 Å². The Labute approximate surface area is 153 Å². The summed E-state index contributed by atoms with van der Waals surface area (Å²) in [7, 11) is 0. The first-order chi connectivity index (χ1) is 12.6. The Kier molecular flexibility index (Phi) is 4.63. The molecule has 0 saturated carbocycles. The molecule has 2 aromatic rings. The Hall–Kier alpha value is -2.96. The number of ether oxygens (including phenoxy) is 2. The van der Waals surface area contributed by atoms with E-state index in [4.69, 9.17) is 14.6 Å². The molecule has 4 nitrogen and oxygen atoms in total. The largest absolute Gasteiger partial charge is 0.478 e. The van der Waals surface area contributed by atoms with Crippen molar-refractivity contribution in [3.05, 3.63) is 58.2 Å². The van der Waals surface area contributed by atoms with E-state index in [9.17, 15) is 18.0 Å². The number of hydrogen-bond acceptors (Lipinski definition) is 3. The number of alkyl halides is 3. The van der Waals surface area contributed by atoms with Gasteiger partial charge in [0.25, 0.3) is 0 Å². The molecule has 27 heavy (non-hydrogen) atoms. The standard InChI is InChI=1S/C20H17F3O4/c1-10-6-12(3)16(7-11(10)2)26-14-5-4-13-8-15(19(24)25)18(20(21,22)23)27-17(13)9-14/h4-9,18H,1-3H3,(H,24,25). The van der Waals surface area contributed by atoms with Crippen molar-refractivity contribution in [2.45, 2.75) is 33.1 Å². The molecule has 0 radical (unpaired) electrons. The molecule has 0 aromatic heterocycles. The second-order valence-electron chi connectivity index (χ2n) is 6.45. The molecule has 0 aliphatic carbocycles. The first kappa shape index (κ1) is 18.8. The lowest BCUT2D eigenvalue weighted by Gasteiger charge is -2.27. The van der Waals surface area contributed by atoms with Gasteiger partial charge in [0.2, 0.25) is 6.10 Å². The fourth-order valence-electron chi connectivity index (χ4n) is 2.82. The van der Waals surface area contributed by atoms with Gasteiger partial charge in [0, 0.05) is 11.6 Å². The second kappa shape index (κ2) is 6.64. The van der Waals surface area contributed by atoms with Crippen LogP contribution < -0.4 is 9.47 Å². The predicted molar refractivity (Wildman–Crippen MR) is 93.3 cm³/mol. The van der Waals surface area contributed by atoms with Crippen molar-refractivity contribution in [1.82, 2.24) is 0 Å². The van der Waals surface area contributed by atoms with Crippen LogP contribution in [0.4, 0.5) is 13.2 Å². The van der Waals surface area contributed by atoms with Crippen LogP contribution in [-0.4, -0.2) is 23.4 Å². The van der Waals surface area contributed by atoms with Gasteiger partial charge in [-0.25, -0.2) is 4.79 Å². The molecule has 1 unspecified atom stereocenters. The van der Waals surface area contributed by atoms with Crippen molar-refractivity contribution >= 4 is 12.0 Å². The molecule has 1 aliphatic rings. The number of benzene rings is 2. The van der Waals surface area contributed by atoms with Gasteiger partial charge in [-0.2, -0.15) is 13.2 Å². The summed E-state index contributed by atoms with van der Waals surface area (Å²) >= 11 is 0. The Bertz CT molecular complexity index is 945. The molecule has 2 aromatic carbocycles. The highest BCUT2D eigenvalue weighted by molar-refractivity contribution is 5.95. The zero-order chi connectivity index (χ0) is 19.9. The minimum atomic E-state index is -4.84. The van der Waals surface area contributed by atoms with Gasteiger partial charge in [-0.3, -0.25) is 0 Å². The zero-order valence-corrected chi connectivity index (χ0v) is 14.8. The Morgan fingerprint density at radius 1 is 1.07 bits per heavy atom. The fraction of sp³-hybridized carbons (Fsp3) is 0.250. The summed E-state index contributed by atoms with van der Waals surface area (Å²) < 4.78 is 50.3. The number of halogens is 3. The van der Waals surface area contributed by atoms with E-state index in [1.54, 1.807) is 6.07 Å². The van der Waals surface area contributed by atoms with Crippen LogP contribution in [0.3, 0.4) is 0 Å². The van der Waals surface area contributed by atoms with E-state index in [2.05, 4.69) is 0 Å². The smallest absolute Gasteiger partial charge is 0.430 e. The number of carbonyl (C=O) groups is 1. The van der Waals surface area contributed by atoms with Crippen LogP contribution in [0.5, 0.6) is 17.2 Å². The summed E-state index contributed by atoms with van der Waals surface area (Å²) in [6.45, 7) is 5.78. The van der Waals surface area contributed by atoms with Crippen molar-refractivity contribution in [2.75, 3.05) is 0 Å². The van der Waals surface area contributed by atoms with Crippen LogP contribution in [0.25, 0.3) is 6.08 Å². The molecule has 1 heterocycles. The number of carboxylic acids is 1. The van der Waals surface area contributed by atoms with Crippen molar-refractivity contribution in [3.63, 3.8) is 0 Å². The maximum absolute atomic E-state index is 13.2. The molecular formula is C20H17F3O4. The summed E-state index contributed by atoms with van der Waals surface area (Å²) in [4.78, 5) is 11.2. The molecular weight excluding hydrogens is 361 g/mol. The van der Waals surface area contributed by atoms with Crippen molar-refractivity contribution in [1.29, 1.82) is 0 Å². The maximum atomic E-state index is 13.2. The van der Waals surface area contributed by atoms with Gasteiger partial charge in [0.05, 0.1) is 5.57 Å². The number of carboxylic acid groups (broad SMARTS) is 1. The highest BCUT2D eigenvalue weighted by Gasteiger charge is 2.48. The van der Waals surface area contributed by atoms with Crippen LogP contribution >= 0.6 is 0 Å². The number of aryl methyl sites for hydroxylation is 3. The summed E-state index contributed by atoms with van der Waals surface area (Å²) in [6.07, 6.45) is -6.39. The molecule has 0 bridgehead atoms. The maximum Gasteiger partial charge on any atom is 0.430 e. The van der Waals surface area contributed by atoms with E-state index in [-0.39, 0.29) is 11.3 Å². The van der Waals surface area contributed by atoms with Crippen LogP contribution in [0.1, 0.15) is 22.3 Å². The zero-order valence-electron chi connectivity index (χ0n) is 14.8. The van der Waals surface area contributed by atoms with Gasteiger partial charge >= 0.3 is 12.1 Å². The van der Waals surface area contributed by atoms with Gasteiger partial charge < -0.3 is 14.6 Å². The normalized spacial score (nSPS) is 16.2. The third kappa shape index (κ3) is 3.77. The van der Waals surface area contributed by atoms with Gasteiger partial charge in [-0.1, -0.05) is 6.07 Å². The highest BCUT2D eigenvalue weighted by atomic mass is 19.4. The van der Waals surface area contributed by atoms with Crippen LogP contribution in [0.2, 0.25) is 0 Å². The van der Waals surface area contributed by atoms with Crippen LogP contribution in [0, 0.1) is 20.8 Å². The second-order valence-corrected chi connectivity index (χ2v) is 6.45. The predicted octanol–water partition coefficient (Wildman–Crippen LogP) is 5.20. The molecule has 1 aliphatic heterocycles. The van der Waals surface area contributed by atoms with Crippen LogP contribution in [0.15, 0.2) is 35.9 Å². The summed E-state index contributed by atoms with van der Waals surface area (Å²) in [6, 6.07) is 8.17. The third-order valence-corrected chi connectivity index (χ3v) is 4.39. The van der Waals surface area contributed by atoms with Crippen molar-refractivity contribution < 1.29 is 32.5 Å². The Morgan fingerprint density at radius 2 is 1.74 bits per heavy atom. The van der Waals surface area contributed by atoms with Crippen LogP contribution in [-0.2, 0) is 4.79 Å². The molecule has 0 fully saturated rings. The highest BCUT2D eigenvalue weighted by Crippen LogP contribution is 2.39. The first-order valence-corrected chi connectivity index (χ1v) is 8.14. The number of rotatable bonds is 3. The molecule has 7 heteroatoms. The summed E-state index contributed by atoms with van der Waals surface area (Å²) in [5.41, 5.74) is 2.41. The van der Waals surface area contributed by atoms with Gasteiger partial charge in [-0.05, 0) is 61.7 Å². The van der Waals surface area contributed by atoms with Crippen molar-refractivity contribution in [3.8, 4) is 17.2 Å². The Balaban J connectivity index is 1.97. The summed E-state index contributed by atoms with van der Waals surface area (Å²) in [5, 5.41) is 9.05. The molecule has 0 spiro atoms. The minimum Gasteiger partial charge on any atom is -0.478 e. The van der Waals surface area contributed by atoms with Crippen molar-refractivity contribution in [2.24, 2.45) is 0 Å². The molecule has 142 valence electrons. The lowest BCUT2D eigenvalue weighted by atomic mass is 10.0. The lowest BCUT2D eigenvalue weighted by Crippen LogP contribution is -2.40. The summed E-state index contributed by atoms with van der Waals surface area (Å²) in [5.74, 6) is -0.869. The van der Waals surface area contributed by atoms with Gasteiger partial charge in [-0.15, -0.1) is 0 Å². The number of aliphatic carboxylic acids is 1. The molecule has 1 N–H and O–H groups in total. The molecule has 1 atom stereocenters. The quantitative estimate of drug-likeness (QED) is 0.798. The average Bonchev–Trinajstić information content (AvgIpc) is 2.57. The van der Waals surface area contributed by atoms with E-state index < -0.39 is 23.8 Å². The minimum absolute atomic E-state index is 0.0821. The monoisotopic (exact) mass is 378 g/mol. The molecule has 0 saturated heterocycles. The number of hydrogen-bond donors (Lipinski definition) is 1. The first-order valence-electron chi connectivity index (χ1n) is 8.14.